The van der Waals surface area contributed by atoms with Crippen molar-refractivity contribution >= 4 is 0 Å². The summed E-state index contributed by atoms with van der Waals surface area (Å²) < 4.78 is 12.2. The Morgan fingerprint density at radius 1 is 0.667 bits per heavy atom. The number of phenolic OH excluding ortho intramolecular Hbond substituents is 1. The third kappa shape index (κ3) is 3.51. The van der Waals surface area contributed by atoms with E-state index in [1.165, 1.54) is 0 Å². The Morgan fingerprint density at radius 3 is 1.62 bits per heavy atom. The summed E-state index contributed by atoms with van der Waals surface area (Å²) in [5.74, 6) is 1.59. The Hall–Kier alpha value is -2.94. The highest BCUT2D eigenvalue weighted by atomic mass is 16.7. The number of para-hydroxylation sites is 3. The van der Waals surface area contributed by atoms with Crippen LogP contribution in [0.15, 0.2) is 72.8 Å². The van der Waals surface area contributed by atoms with Gasteiger partial charge in [0.05, 0.1) is 5.56 Å². The molecule has 0 radical (unpaired) electrons. The van der Waals surface area contributed by atoms with Gasteiger partial charge in [-0.25, -0.2) is 0 Å². The number of hydrogen-bond donors (Lipinski definition) is 1. The monoisotopic (exact) mass is 320 g/mol. The fourth-order valence-electron chi connectivity index (χ4n) is 2.45. The summed E-state index contributed by atoms with van der Waals surface area (Å²) in [5.41, 5.74) is 2.60. The van der Waals surface area contributed by atoms with Gasteiger partial charge in [-0.3, -0.25) is 0 Å². The van der Waals surface area contributed by atoms with E-state index in [-0.39, 0.29) is 5.75 Å². The van der Waals surface area contributed by atoms with Gasteiger partial charge in [-0.2, -0.15) is 0 Å². The minimum Gasteiger partial charge on any atom is -0.507 e. The van der Waals surface area contributed by atoms with Crippen molar-refractivity contribution in [2.45, 2.75) is 20.1 Å². The average Bonchev–Trinajstić information content (AvgIpc) is 2.58. The number of phenols is 1. The Balaban J connectivity index is 1.97. The molecule has 3 aromatic carbocycles. The number of aryl methyl sites for hydroxylation is 2. The predicted octanol–water partition coefficient (Wildman–Crippen LogP) is 5.17. The zero-order valence-corrected chi connectivity index (χ0v) is 13.8. The van der Waals surface area contributed by atoms with Crippen LogP contribution in [0.3, 0.4) is 0 Å². The van der Waals surface area contributed by atoms with Gasteiger partial charge in [0, 0.05) is 0 Å². The fraction of sp³-hybridized carbons (Fsp3) is 0.143. The summed E-state index contributed by atoms with van der Waals surface area (Å²) >= 11 is 0. The molecule has 0 aliphatic carbocycles. The highest BCUT2D eigenvalue weighted by Gasteiger charge is 2.20. The molecule has 0 spiro atoms. The Bertz CT molecular complexity index is 779. The first kappa shape index (κ1) is 15.9. The quantitative estimate of drug-likeness (QED) is 0.659. The van der Waals surface area contributed by atoms with Gasteiger partial charge in [0.1, 0.15) is 17.2 Å². The molecule has 122 valence electrons. The maximum atomic E-state index is 10.2. The molecule has 0 amide bonds. The number of ether oxygens (including phenoxy) is 2. The molecular formula is C21H20O3. The molecule has 0 unspecified atom stereocenters. The molecule has 3 nitrogen and oxygen atoms in total. The lowest BCUT2D eigenvalue weighted by Gasteiger charge is -2.23. The molecule has 3 aromatic rings. The number of rotatable bonds is 5. The van der Waals surface area contributed by atoms with Gasteiger partial charge in [0.15, 0.2) is 0 Å². The van der Waals surface area contributed by atoms with Crippen molar-refractivity contribution in [2.24, 2.45) is 0 Å². The SMILES string of the molecule is Cc1ccccc1OC(Oc1ccccc1C)c1ccccc1O. The lowest BCUT2D eigenvalue weighted by Crippen LogP contribution is -2.16. The molecule has 0 heterocycles. The topological polar surface area (TPSA) is 38.7 Å². The predicted molar refractivity (Wildman–Crippen MR) is 94.5 cm³/mol. The van der Waals surface area contributed by atoms with E-state index >= 15 is 0 Å². The average molecular weight is 320 g/mol. The Labute approximate surface area is 142 Å². The van der Waals surface area contributed by atoms with Crippen molar-refractivity contribution < 1.29 is 14.6 Å². The van der Waals surface area contributed by atoms with E-state index in [2.05, 4.69) is 0 Å². The summed E-state index contributed by atoms with van der Waals surface area (Å²) in [7, 11) is 0. The Morgan fingerprint density at radius 2 is 1.12 bits per heavy atom. The van der Waals surface area contributed by atoms with E-state index < -0.39 is 6.29 Å². The molecule has 0 aliphatic rings. The molecule has 0 fully saturated rings. The summed E-state index contributed by atoms with van der Waals surface area (Å²) in [6.07, 6.45) is -0.742. The molecule has 0 aliphatic heterocycles. The van der Waals surface area contributed by atoms with Gasteiger partial charge in [0.2, 0.25) is 0 Å². The van der Waals surface area contributed by atoms with Crippen LogP contribution >= 0.6 is 0 Å². The van der Waals surface area contributed by atoms with Gasteiger partial charge in [-0.1, -0.05) is 48.5 Å². The van der Waals surface area contributed by atoms with Crippen LogP contribution in [0.5, 0.6) is 17.2 Å². The molecule has 1 N–H and O–H groups in total. The largest absolute Gasteiger partial charge is 0.507 e. The number of hydrogen-bond acceptors (Lipinski definition) is 3. The lowest BCUT2D eigenvalue weighted by atomic mass is 10.1. The van der Waals surface area contributed by atoms with Gasteiger partial charge in [-0.15, -0.1) is 0 Å². The fourth-order valence-corrected chi connectivity index (χ4v) is 2.45. The normalized spacial score (nSPS) is 10.6. The first-order valence-corrected chi connectivity index (χ1v) is 7.87. The highest BCUT2D eigenvalue weighted by molar-refractivity contribution is 5.38. The molecule has 0 bridgehead atoms. The van der Waals surface area contributed by atoms with Crippen LogP contribution in [0.25, 0.3) is 0 Å². The number of benzene rings is 3. The molecule has 3 rings (SSSR count). The second kappa shape index (κ2) is 7.09. The van der Waals surface area contributed by atoms with Crippen LogP contribution in [-0.4, -0.2) is 5.11 Å². The molecule has 0 saturated carbocycles. The van der Waals surface area contributed by atoms with Crippen molar-refractivity contribution in [3.05, 3.63) is 89.5 Å². The summed E-state index contributed by atoms with van der Waals surface area (Å²) in [6.45, 7) is 3.95. The summed E-state index contributed by atoms with van der Waals surface area (Å²) in [5, 5.41) is 10.2. The Kier molecular flexibility index (Phi) is 4.71. The van der Waals surface area contributed by atoms with Crippen LogP contribution in [0, 0.1) is 13.8 Å². The number of aromatic hydroxyl groups is 1. The molecular weight excluding hydrogens is 300 g/mol. The third-order valence-corrected chi connectivity index (χ3v) is 3.85. The van der Waals surface area contributed by atoms with E-state index in [4.69, 9.17) is 9.47 Å². The smallest absolute Gasteiger partial charge is 0.271 e. The molecule has 24 heavy (non-hydrogen) atoms. The summed E-state index contributed by atoms with van der Waals surface area (Å²) in [4.78, 5) is 0. The van der Waals surface area contributed by atoms with E-state index in [1.54, 1.807) is 18.2 Å². The van der Waals surface area contributed by atoms with Crippen LogP contribution in [0.1, 0.15) is 23.0 Å². The van der Waals surface area contributed by atoms with Gasteiger partial charge < -0.3 is 14.6 Å². The van der Waals surface area contributed by atoms with Gasteiger partial charge in [-0.05, 0) is 49.2 Å². The van der Waals surface area contributed by atoms with E-state index in [1.807, 2.05) is 68.4 Å². The minimum atomic E-state index is -0.742. The van der Waals surface area contributed by atoms with E-state index in [9.17, 15) is 5.11 Å². The summed E-state index contributed by atoms with van der Waals surface area (Å²) in [6, 6.07) is 22.5. The zero-order valence-electron chi connectivity index (χ0n) is 13.8. The van der Waals surface area contributed by atoms with E-state index in [0.717, 1.165) is 22.6 Å². The molecule has 3 heteroatoms. The van der Waals surface area contributed by atoms with Gasteiger partial charge in [0.25, 0.3) is 6.29 Å². The van der Waals surface area contributed by atoms with Crippen molar-refractivity contribution in [1.29, 1.82) is 0 Å². The van der Waals surface area contributed by atoms with Crippen LogP contribution in [0.4, 0.5) is 0 Å². The first-order valence-electron chi connectivity index (χ1n) is 7.87. The van der Waals surface area contributed by atoms with Crippen LogP contribution < -0.4 is 9.47 Å². The van der Waals surface area contributed by atoms with Crippen LogP contribution in [0.2, 0.25) is 0 Å². The second-order valence-electron chi connectivity index (χ2n) is 5.66. The highest BCUT2D eigenvalue weighted by Crippen LogP contribution is 2.32. The van der Waals surface area contributed by atoms with Crippen molar-refractivity contribution in [2.75, 3.05) is 0 Å². The van der Waals surface area contributed by atoms with E-state index in [0.29, 0.717) is 5.56 Å². The van der Waals surface area contributed by atoms with Crippen LogP contribution in [-0.2, 0) is 0 Å². The molecule has 0 atom stereocenters. The zero-order chi connectivity index (χ0) is 16.9. The van der Waals surface area contributed by atoms with Crippen molar-refractivity contribution in [3.63, 3.8) is 0 Å². The van der Waals surface area contributed by atoms with Crippen molar-refractivity contribution in [1.82, 2.24) is 0 Å². The lowest BCUT2D eigenvalue weighted by molar-refractivity contribution is 0.00111. The molecule has 0 aromatic heterocycles. The minimum absolute atomic E-state index is 0.143. The maximum absolute atomic E-state index is 10.2. The third-order valence-electron chi connectivity index (χ3n) is 3.85. The van der Waals surface area contributed by atoms with Gasteiger partial charge >= 0.3 is 0 Å². The second-order valence-corrected chi connectivity index (χ2v) is 5.66. The first-order chi connectivity index (χ1) is 11.6. The standard InChI is InChI=1S/C21H20O3/c1-15-9-3-7-13-19(15)23-21(17-11-5-6-12-18(17)22)24-20-14-8-4-10-16(20)2/h3-14,21-22H,1-2H3. The molecule has 0 saturated heterocycles. The maximum Gasteiger partial charge on any atom is 0.271 e. The van der Waals surface area contributed by atoms with Crippen molar-refractivity contribution in [3.8, 4) is 17.2 Å².